The first kappa shape index (κ1) is 13.0. The molecule has 0 radical (unpaired) electrons. The molecule has 0 aromatic heterocycles. The quantitative estimate of drug-likeness (QED) is 0.635. The third kappa shape index (κ3) is 3.30. The molecule has 94 valence electrons. The fraction of sp³-hybridized carbons (Fsp3) is 0.250. The summed E-state index contributed by atoms with van der Waals surface area (Å²) < 4.78 is 0. The first-order chi connectivity index (χ1) is 8.66. The van der Waals surface area contributed by atoms with Gasteiger partial charge in [-0.3, -0.25) is 0 Å². The highest BCUT2D eigenvalue weighted by Gasteiger charge is 2.01. The van der Waals surface area contributed by atoms with E-state index in [0.717, 1.165) is 11.4 Å². The van der Waals surface area contributed by atoms with Gasteiger partial charge in [0.2, 0.25) is 0 Å². The number of para-hydroxylation sites is 1. The van der Waals surface area contributed by atoms with E-state index in [4.69, 9.17) is 5.73 Å². The Hall–Kier alpha value is -1.41. The molecule has 0 fully saturated rings. The standard InChI is InChI=1S/C16H19NS/c1-12(2)13-7-9-15(10-8-13)18-11-14-5-3-4-6-16(14)17/h3-10,12H,11,17H2,1-2H3. The molecule has 2 aromatic rings. The highest BCUT2D eigenvalue weighted by Crippen LogP contribution is 2.26. The third-order valence-electron chi connectivity index (χ3n) is 3.00. The van der Waals surface area contributed by atoms with Gasteiger partial charge in [0.1, 0.15) is 0 Å². The van der Waals surface area contributed by atoms with Crippen LogP contribution in [-0.2, 0) is 5.75 Å². The average Bonchev–Trinajstić information content (AvgIpc) is 2.38. The number of anilines is 1. The number of thioether (sulfide) groups is 1. The molecule has 1 nitrogen and oxygen atoms in total. The van der Waals surface area contributed by atoms with Gasteiger partial charge in [0.05, 0.1) is 0 Å². The zero-order valence-electron chi connectivity index (χ0n) is 10.9. The fourth-order valence-electron chi connectivity index (χ4n) is 1.78. The van der Waals surface area contributed by atoms with Gasteiger partial charge in [0.15, 0.2) is 0 Å². The van der Waals surface area contributed by atoms with E-state index in [0.29, 0.717) is 5.92 Å². The van der Waals surface area contributed by atoms with Crippen molar-refractivity contribution in [3.63, 3.8) is 0 Å². The first-order valence-corrected chi connectivity index (χ1v) is 7.21. The van der Waals surface area contributed by atoms with E-state index in [9.17, 15) is 0 Å². The molecule has 0 unspecified atom stereocenters. The van der Waals surface area contributed by atoms with Gasteiger partial charge >= 0.3 is 0 Å². The smallest absolute Gasteiger partial charge is 0.0355 e. The Labute approximate surface area is 113 Å². The van der Waals surface area contributed by atoms with E-state index < -0.39 is 0 Å². The molecule has 2 aromatic carbocycles. The summed E-state index contributed by atoms with van der Waals surface area (Å²) >= 11 is 1.83. The van der Waals surface area contributed by atoms with Crippen LogP contribution in [0.3, 0.4) is 0 Å². The van der Waals surface area contributed by atoms with Crippen LogP contribution in [0.1, 0.15) is 30.9 Å². The van der Waals surface area contributed by atoms with Gasteiger partial charge in [-0.25, -0.2) is 0 Å². The summed E-state index contributed by atoms with van der Waals surface area (Å²) in [5.74, 6) is 1.52. The maximum Gasteiger partial charge on any atom is 0.0355 e. The van der Waals surface area contributed by atoms with Crippen LogP contribution in [0.15, 0.2) is 53.4 Å². The summed E-state index contributed by atoms with van der Waals surface area (Å²) in [6.07, 6.45) is 0. The Morgan fingerprint density at radius 1 is 1.00 bits per heavy atom. The summed E-state index contributed by atoms with van der Waals surface area (Å²) in [7, 11) is 0. The molecule has 0 aliphatic rings. The maximum absolute atomic E-state index is 5.94. The Balaban J connectivity index is 2.00. The molecule has 0 amide bonds. The topological polar surface area (TPSA) is 26.0 Å². The minimum Gasteiger partial charge on any atom is -0.398 e. The molecule has 0 aliphatic carbocycles. The normalized spacial score (nSPS) is 10.8. The predicted molar refractivity (Wildman–Crippen MR) is 80.9 cm³/mol. The van der Waals surface area contributed by atoms with Crippen molar-refractivity contribution in [2.45, 2.75) is 30.4 Å². The van der Waals surface area contributed by atoms with Crippen LogP contribution < -0.4 is 5.73 Å². The molecule has 2 rings (SSSR count). The van der Waals surface area contributed by atoms with Crippen LogP contribution >= 0.6 is 11.8 Å². The van der Waals surface area contributed by atoms with Crippen molar-refractivity contribution in [2.24, 2.45) is 0 Å². The Bertz CT molecular complexity index is 503. The van der Waals surface area contributed by atoms with E-state index in [-0.39, 0.29) is 0 Å². The summed E-state index contributed by atoms with van der Waals surface area (Å²) in [5, 5.41) is 0. The van der Waals surface area contributed by atoms with Crippen molar-refractivity contribution < 1.29 is 0 Å². The second-order valence-corrected chi connectivity index (χ2v) is 5.76. The van der Waals surface area contributed by atoms with Gasteiger partial charge in [-0.1, -0.05) is 44.2 Å². The van der Waals surface area contributed by atoms with Gasteiger partial charge in [0.25, 0.3) is 0 Å². The second-order valence-electron chi connectivity index (χ2n) is 4.71. The zero-order chi connectivity index (χ0) is 13.0. The van der Waals surface area contributed by atoms with Crippen molar-refractivity contribution in [3.8, 4) is 0 Å². The number of nitrogen functional groups attached to an aromatic ring is 1. The average molecular weight is 257 g/mol. The Morgan fingerprint density at radius 2 is 1.67 bits per heavy atom. The fourth-order valence-corrected chi connectivity index (χ4v) is 2.69. The van der Waals surface area contributed by atoms with Crippen LogP contribution in [0.25, 0.3) is 0 Å². The van der Waals surface area contributed by atoms with Crippen molar-refractivity contribution in [1.82, 2.24) is 0 Å². The number of rotatable bonds is 4. The summed E-state index contributed by atoms with van der Waals surface area (Å²) in [6.45, 7) is 4.43. The van der Waals surface area contributed by atoms with Crippen LogP contribution in [0.5, 0.6) is 0 Å². The lowest BCUT2D eigenvalue weighted by Crippen LogP contribution is -1.91. The third-order valence-corrected chi connectivity index (χ3v) is 4.06. The number of hydrogen-bond donors (Lipinski definition) is 1. The van der Waals surface area contributed by atoms with E-state index >= 15 is 0 Å². The summed E-state index contributed by atoms with van der Waals surface area (Å²) in [4.78, 5) is 1.29. The molecule has 0 spiro atoms. The zero-order valence-corrected chi connectivity index (χ0v) is 11.7. The maximum atomic E-state index is 5.94. The SMILES string of the molecule is CC(C)c1ccc(SCc2ccccc2N)cc1. The Morgan fingerprint density at radius 3 is 2.28 bits per heavy atom. The van der Waals surface area contributed by atoms with Gasteiger partial charge < -0.3 is 5.73 Å². The monoisotopic (exact) mass is 257 g/mol. The molecular formula is C16H19NS. The molecule has 0 saturated carbocycles. The van der Waals surface area contributed by atoms with E-state index in [1.54, 1.807) is 0 Å². The molecule has 0 bridgehead atoms. The van der Waals surface area contributed by atoms with Crippen molar-refractivity contribution in [1.29, 1.82) is 0 Å². The lowest BCUT2D eigenvalue weighted by atomic mass is 10.0. The van der Waals surface area contributed by atoms with Crippen LogP contribution in [0.2, 0.25) is 0 Å². The van der Waals surface area contributed by atoms with Crippen molar-refractivity contribution >= 4 is 17.4 Å². The van der Waals surface area contributed by atoms with Crippen molar-refractivity contribution in [2.75, 3.05) is 5.73 Å². The number of nitrogens with two attached hydrogens (primary N) is 1. The molecular weight excluding hydrogens is 238 g/mol. The molecule has 0 aliphatic heterocycles. The predicted octanol–water partition coefficient (Wildman–Crippen LogP) is 4.68. The molecule has 2 N–H and O–H groups in total. The first-order valence-electron chi connectivity index (χ1n) is 6.23. The highest BCUT2D eigenvalue weighted by atomic mass is 32.2. The van der Waals surface area contributed by atoms with E-state index in [1.165, 1.54) is 16.0 Å². The van der Waals surface area contributed by atoms with E-state index in [2.05, 4.69) is 44.2 Å². The van der Waals surface area contributed by atoms with Crippen molar-refractivity contribution in [3.05, 3.63) is 59.7 Å². The molecule has 0 atom stereocenters. The Kier molecular flexibility index (Phi) is 4.32. The lowest BCUT2D eigenvalue weighted by molar-refractivity contribution is 0.865. The van der Waals surface area contributed by atoms with Crippen LogP contribution in [-0.4, -0.2) is 0 Å². The molecule has 18 heavy (non-hydrogen) atoms. The van der Waals surface area contributed by atoms with Gasteiger partial charge in [-0.05, 0) is 35.2 Å². The molecule has 0 saturated heterocycles. The lowest BCUT2D eigenvalue weighted by Gasteiger charge is -2.08. The number of benzene rings is 2. The highest BCUT2D eigenvalue weighted by molar-refractivity contribution is 7.98. The van der Waals surface area contributed by atoms with Gasteiger partial charge in [-0.15, -0.1) is 11.8 Å². The molecule has 2 heteroatoms. The van der Waals surface area contributed by atoms with Crippen LogP contribution in [0.4, 0.5) is 5.69 Å². The minimum absolute atomic E-state index is 0.591. The summed E-state index contributed by atoms with van der Waals surface area (Å²) in [6, 6.07) is 16.9. The van der Waals surface area contributed by atoms with E-state index in [1.807, 2.05) is 30.0 Å². The minimum atomic E-state index is 0.591. The second kappa shape index (κ2) is 5.96. The van der Waals surface area contributed by atoms with Gasteiger partial charge in [-0.2, -0.15) is 0 Å². The van der Waals surface area contributed by atoms with Crippen LogP contribution in [0, 0.1) is 0 Å². The number of hydrogen-bond acceptors (Lipinski definition) is 2. The van der Waals surface area contributed by atoms with Gasteiger partial charge in [0, 0.05) is 16.3 Å². The largest absolute Gasteiger partial charge is 0.398 e. The molecule has 0 heterocycles. The summed E-state index contributed by atoms with van der Waals surface area (Å²) in [5.41, 5.74) is 9.41.